The van der Waals surface area contributed by atoms with Gasteiger partial charge in [-0.2, -0.15) is 0 Å². The summed E-state index contributed by atoms with van der Waals surface area (Å²) >= 11 is 0. The zero-order valence-corrected chi connectivity index (χ0v) is 19.3. The third kappa shape index (κ3) is 5.28. The molecule has 34 heavy (non-hydrogen) atoms. The lowest BCUT2D eigenvalue weighted by atomic mass is 10.1. The molecule has 0 radical (unpaired) electrons. The van der Waals surface area contributed by atoms with Gasteiger partial charge in [-0.05, 0) is 48.5 Å². The molecule has 0 atom stereocenters. The van der Waals surface area contributed by atoms with Crippen molar-refractivity contribution in [1.29, 1.82) is 0 Å². The quantitative estimate of drug-likeness (QED) is 0.498. The van der Waals surface area contributed by atoms with Crippen molar-refractivity contribution in [2.24, 2.45) is 0 Å². The predicted molar refractivity (Wildman–Crippen MR) is 126 cm³/mol. The summed E-state index contributed by atoms with van der Waals surface area (Å²) in [6.07, 6.45) is 1.66. The first-order valence-corrected chi connectivity index (χ1v) is 12.5. The molecule has 3 aromatic rings. The Morgan fingerprint density at radius 2 is 1.76 bits per heavy atom. The summed E-state index contributed by atoms with van der Waals surface area (Å²) in [4.78, 5) is 11.2. The molecule has 1 fully saturated rings. The second-order valence-electron chi connectivity index (χ2n) is 7.83. The van der Waals surface area contributed by atoms with E-state index < -0.39 is 10.0 Å². The molecule has 10 nitrogen and oxygen atoms in total. The molecule has 0 unspecified atom stereocenters. The molecule has 2 N–H and O–H groups in total. The standard InChI is InChI=1S/C23H25N5O5S/c29-34(30,25-9-10-28-11-13-31-14-12-28)19-4-2-18(3-5-19)26-23-24-8-7-20(27-23)17-1-6-21-22(15-17)33-16-32-21/h1-8,15,25H,9-14,16H2,(H,24,26,27). The lowest BCUT2D eigenvalue weighted by molar-refractivity contribution is 0.0390. The van der Waals surface area contributed by atoms with Crippen molar-refractivity contribution in [3.8, 4) is 22.8 Å². The number of nitrogens with one attached hydrogen (secondary N) is 2. The van der Waals surface area contributed by atoms with E-state index in [2.05, 4.69) is 24.9 Å². The zero-order valence-electron chi connectivity index (χ0n) is 18.4. The van der Waals surface area contributed by atoms with Gasteiger partial charge in [0.05, 0.1) is 23.8 Å². The van der Waals surface area contributed by atoms with E-state index in [9.17, 15) is 8.42 Å². The highest BCUT2D eigenvalue weighted by atomic mass is 32.2. The van der Waals surface area contributed by atoms with E-state index in [-0.39, 0.29) is 11.7 Å². The minimum atomic E-state index is -3.59. The van der Waals surface area contributed by atoms with Gasteiger partial charge in [0.25, 0.3) is 0 Å². The van der Waals surface area contributed by atoms with Crippen LogP contribution in [0.4, 0.5) is 11.6 Å². The van der Waals surface area contributed by atoms with E-state index >= 15 is 0 Å². The molecule has 11 heteroatoms. The summed E-state index contributed by atoms with van der Waals surface area (Å²) in [5.74, 6) is 1.79. The van der Waals surface area contributed by atoms with Crippen molar-refractivity contribution >= 4 is 21.7 Å². The van der Waals surface area contributed by atoms with E-state index in [4.69, 9.17) is 14.2 Å². The topological polar surface area (TPSA) is 115 Å². The van der Waals surface area contributed by atoms with Gasteiger partial charge in [-0.1, -0.05) is 0 Å². The van der Waals surface area contributed by atoms with Crippen molar-refractivity contribution in [3.63, 3.8) is 0 Å². The first-order chi connectivity index (χ1) is 16.6. The van der Waals surface area contributed by atoms with Crippen LogP contribution < -0.4 is 19.5 Å². The Balaban J connectivity index is 1.21. The molecule has 3 heterocycles. The fourth-order valence-corrected chi connectivity index (χ4v) is 4.75. The lowest BCUT2D eigenvalue weighted by Gasteiger charge is -2.26. The summed E-state index contributed by atoms with van der Waals surface area (Å²) in [6.45, 7) is 4.22. The average molecular weight is 484 g/mol. The number of sulfonamides is 1. The number of hydrogen-bond donors (Lipinski definition) is 2. The van der Waals surface area contributed by atoms with Gasteiger partial charge in [-0.3, -0.25) is 4.90 Å². The minimum Gasteiger partial charge on any atom is -0.454 e. The Labute approximate surface area is 197 Å². The molecule has 2 aromatic carbocycles. The van der Waals surface area contributed by atoms with Crippen LogP contribution in [0.5, 0.6) is 11.5 Å². The third-order valence-electron chi connectivity index (χ3n) is 5.57. The fourth-order valence-electron chi connectivity index (χ4n) is 3.73. The molecule has 0 amide bonds. The third-order valence-corrected chi connectivity index (χ3v) is 7.05. The number of hydrogen-bond acceptors (Lipinski definition) is 9. The Morgan fingerprint density at radius 3 is 2.59 bits per heavy atom. The second-order valence-corrected chi connectivity index (χ2v) is 9.60. The molecule has 1 saturated heterocycles. The Morgan fingerprint density at radius 1 is 0.971 bits per heavy atom. The van der Waals surface area contributed by atoms with Crippen LogP contribution in [0.2, 0.25) is 0 Å². The van der Waals surface area contributed by atoms with Gasteiger partial charge in [0, 0.05) is 43.6 Å². The number of fused-ring (bicyclic) bond motifs is 1. The molecular formula is C23H25N5O5S. The second kappa shape index (κ2) is 9.94. The SMILES string of the molecule is O=S(=O)(NCCN1CCOCC1)c1ccc(Nc2nccc(-c3ccc4c(c3)OCO4)n2)cc1. The molecule has 0 saturated carbocycles. The van der Waals surface area contributed by atoms with E-state index in [1.165, 1.54) is 0 Å². The number of benzene rings is 2. The van der Waals surface area contributed by atoms with E-state index in [0.717, 1.165) is 24.3 Å². The predicted octanol–water partition coefficient (Wildman–Crippen LogP) is 2.23. The van der Waals surface area contributed by atoms with Crippen LogP contribution >= 0.6 is 0 Å². The largest absolute Gasteiger partial charge is 0.454 e. The molecule has 0 aliphatic carbocycles. The van der Waals surface area contributed by atoms with Crippen LogP contribution in [0.25, 0.3) is 11.3 Å². The number of aromatic nitrogens is 2. The molecule has 2 aliphatic rings. The number of morpholine rings is 1. The van der Waals surface area contributed by atoms with Crippen molar-refractivity contribution in [3.05, 3.63) is 54.7 Å². The fraction of sp³-hybridized carbons (Fsp3) is 0.304. The molecule has 0 bridgehead atoms. The smallest absolute Gasteiger partial charge is 0.240 e. The first kappa shape index (κ1) is 22.5. The normalized spacial score (nSPS) is 15.9. The maximum atomic E-state index is 12.6. The van der Waals surface area contributed by atoms with Crippen LogP contribution in [-0.4, -0.2) is 69.5 Å². The Bertz CT molecular complexity index is 1250. The van der Waals surface area contributed by atoms with Gasteiger partial charge in [-0.15, -0.1) is 0 Å². The van der Waals surface area contributed by atoms with Gasteiger partial charge in [-0.25, -0.2) is 23.1 Å². The van der Waals surface area contributed by atoms with Crippen molar-refractivity contribution in [2.75, 3.05) is 51.5 Å². The summed E-state index contributed by atoms with van der Waals surface area (Å²) < 4.78 is 44.0. The van der Waals surface area contributed by atoms with Gasteiger partial charge < -0.3 is 19.5 Å². The highest BCUT2D eigenvalue weighted by Crippen LogP contribution is 2.35. The Kier molecular flexibility index (Phi) is 6.59. The van der Waals surface area contributed by atoms with E-state index in [1.54, 1.807) is 36.5 Å². The zero-order chi connectivity index (χ0) is 23.4. The van der Waals surface area contributed by atoms with Crippen molar-refractivity contribution in [1.82, 2.24) is 19.6 Å². The minimum absolute atomic E-state index is 0.204. The maximum absolute atomic E-state index is 12.6. The van der Waals surface area contributed by atoms with Crippen molar-refractivity contribution in [2.45, 2.75) is 4.90 Å². The monoisotopic (exact) mass is 483 g/mol. The number of rotatable bonds is 8. The lowest BCUT2D eigenvalue weighted by Crippen LogP contribution is -2.41. The molecule has 0 spiro atoms. The summed E-state index contributed by atoms with van der Waals surface area (Å²) in [5.41, 5.74) is 2.27. The number of nitrogens with zero attached hydrogens (tertiary/aromatic N) is 3. The summed E-state index contributed by atoms with van der Waals surface area (Å²) in [6, 6.07) is 13.9. The average Bonchev–Trinajstić information content (AvgIpc) is 3.33. The van der Waals surface area contributed by atoms with Crippen LogP contribution in [0.3, 0.4) is 0 Å². The van der Waals surface area contributed by atoms with Gasteiger partial charge in [0.2, 0.25) is 22.8 Å². The van der Waals surface area contributed by atoms with Gasteiger partial charge in [0.1, 0.15) is 0 Å². The molecule has 2 aliphatic heterocycles. The first-order valence-electron chi connectivity index (χ1n) is 11.0. The van der Waals surface area contributed by atoms with Crippen molar-refractivity contribution < 1.29 is 22.6 Å². The van der Waals surface area contributed by atoms with Crippen LogP contribution in [-0.2, 0) is 14.8 Å². The number of ether oxygens (including phenoxy) is 3. The summed E-state index contributed by atoms with van der Waals surface area (Å²) in [5, 5.41) is 3.12. The Hall–Kier alpha value is -3.25. The van der Waals surface area contributed by atoms with E-state index in [0.29, 0.717) is 49.4 Å². The van der Waals surface area contributed by atoms with Crippen LogP contribution in [0, 0.1) is 0 Å². The van der Waals surface area contributed by atoms with E-state index in [1.807, 2.05) is 18.2 Å². The molecule has 5 rings (SSSR count). The molecular weight excluding hydrogens is 458 g/mol. The highest BCUT2D eigenvalue weighted by Gasteiger charge is 2.17. The summed E-state index contributed by atoms with van der Waals surface area (Å²) in [7, 11) is -3.59. The van der Waals surface area contributed by atoms with Crippen LogP contribution in [0.15, 0.2) is 59.6 Å². The van der Waals surface area contributed by atoms with Crippen LogP contribution in [0.1, 0.15) is 0 Å². The maximum Gasteiger partial charge on any atom is 0.240 e. The highest BCUT2D eigenvalue weighted by molar-refractivity contribution is 7.89. The molecule has 178 valence electrons. The van der Waals surface area contributed by atoms with Gasteiger partial charge in [0.15, 0.2) is 11.5 Å². The van der Waals surface area contributed by atoms with Gasteiger partial charge >= 0.3 is 0 Å². The molecule has 1 aromatic heterocycles. The number of anilines is 2.